The zero-order chi connectivity index (χ0) is 24.6. The number of hydrogen-bond acceptors (Lipinski definition) is 7. The third kappa shape index (κ3) is 4.30. The number of amides is 1. The summed E-state index contributed by atoms with van der Waals surface area (Å²) in [4.78, 5) is 15.2. The molecule has 35 heavy (non-hydrogen) atoms. The largest absolute Gasteiger partial charge is 0.489 e. The van der Waals surface area contributed by atoms with Gasteiger partial charge in [0.15, 0.2) is 11.5 Å². The number of hydrogen-bond donors (Lipinski definition) is 0. The maximum Gasteiger partial charge on any atom is 0.290 e. The van der Waals surface area contributed by atoms with Gasteiger partial charge in [0.2, 0.25) is 10.0 Å². The first-order valence-electron chi connectivity index (χ1n) is 11.3. The van der Waals surface area contributed by atoms with Crippen LogP contribution in [0, 0.1) is 13.8 Å². The number of aryl methyl sites for hydroxylation is 2. The van der Waals surface area contributed by atoms with Crippen molar-refractivity contribution in [3.63, 3.8) is 0 Å². The lowest BCUT2D eigenvalue weighted by Crippen LogP contribution is -2.50. The number of carbonyl (C=O) groups is 1. The van der Waals surface area contributed by atoms with E-state index in [4.69, 9.17) is 13.7 Å². The Bertz CT molecular complexity index is 1450. The second-order valence-electron chi connectivity index (χ2n) is 8.36. The topological polar surface area (TPSA) is 106 Å². The van der Waals surface area contributed by atoms with E-state index < -0.39 is 10.0 Å². The summed E-state index contributed by atoms with van der Waals surface area (Å²) >= 11 is 0. The maximum absolute atomic E-state index is 13.5. The summed E-state index contributed by atoms with van der Waals surface area (Å²) in [5.41, 5.74) is 1.59. The Morgan fingerprint density at radius 2 is 1.69 bits per heavy atom. The molecule has 0 N–H and O–H groups in total. The molecular formula is C25H25N3O6S. The normalized spacial score (nSPS) is 15.0. The van der Waals surface area contributed by atoms with Crippen molar-refractivity contribution < 1.29 is 26.9 Å². The lowest BCUT2D eigenvalue weighted by molar-refractivity contribution is 0.0664. The van der Waals surface area contributed by atoms with E-state index in [1.165, 1.54) is 4.31 Å². The third-order valence-electron chi connectivity index (χ3n) is 6.11. The molecule has 1 amide bonds. The maximum atomic E-state index is 13.5. The quantitative estimate of drug-likeness (QED) is 0.401. The number of para-hydroxylation sites is 2. The van der Waals surface area contributed by atoms with Crippen LogP contribution in [0.5, 0.6) is 5.75 Å². The van der Waals surface area contributed by atoms with Crippen LogP contribution < -0.4 is 4.74 Å². The molecule has 1 fully saturated rings. The Morgan fingerprint density at radius 1 is 1.00 bits per heavy atom. The summed E-state index contributed by atoms with van der Waals surface area (Å²) in [5, 5.41) is 4.57. The molecule has 3 heterocycles. The fourth-order valence-electron chi connectivity index (χ4n) is 4.33. The van der Waals surface area contributed by atoms with E-state index in [1.54, 1.807) is 18.7 Å². The molecule has 0 atom stereocenters. The van der Waals surface area contributed by atoms with Gasteiger partial charge in [-0.1, -0.05) is 41.6 Å². The van der Waals surface area contributed by atoms with Gasteiger partial charge in [0.25, 0.3) is 5.91 Å². The second kappa shape index (κ2) is 9.20. The fraction of sp³-hybridized carbons (Fsp3) is 0.280. The Morgan fingerprint density at radius 3 is 2.37 bits per heavy atom. The molecule has 1 aliphatic rings. The summed E-state index contributed by atoms with van der Waals surface area (Å²) in [6.45, 7) is 4.14. The highest BCUT2D eigenvalue weighted by molar-refractivity contribution is 7.89. The highest BCUT2D eigenvalue weighted by atomic mass is 32.2. The number of nitrogens with zero attached hydrogens (tertiary/aromatic N) is 3. The molecule has 1 saturated heterocycles. The van der Waals surface area contributed by atoms with Crippen molar-refractivity contribution in [1.29, 1.82) is 0 Å². The van der Waals surface area contributed by atoms with Gasteiger partial charge in [0, 0.05) is 37.1 Å². The summed E-state index contributed by atoms with van der Waals surface area (Å²) in [6, 6.07) is 16.8. The van der Waals surface area contributed by atoms with E-state index in [0.29, 0.717) is 22.6 Å². The second-order valence-corrected chi connectivity index (χ2v) is 10.2. The molecule has 0 radical (unpaired) electrons. The standard InChI is InChI=1S/C25H25N3O6S/c1-17-24(18(2)34-26-17)35(30,31)28-14-12-27(13-15-28)25(29)23-21(16-32-19-8-4-3-5-9-19)20-10-6-7-11-22(20)33-23/h3-11H,12-16H2,1-2H3. The van der Waals surface area contributed by atoms with Crippen molar-refractivity contribution in [2.24, 2.45) is 0 Å². The van der Waals surface area contributed by atoms with E-state index >= 15 is 0 Å². The van der Waals surface area contributed by atoms with Crippen molar-refractivity contribution in [2.45, 2.75) is 25.3 Å². The van der Waals surface area contributed by atoms with Crippen molar-refractivity contribution in [3.8, 4) is 5.75 Å². The lowest BCUT2D eigenvalue weighted by atomic mass is 10.1. The SMILES string of the molecule is Cc1noc(C)c1S(=O)(=O)N1CCN(C(=O)c2oc3ccccc3c2COc2ccccc2)CC1. The number of piperazine rings is 1. The van der Waals surface area contributed by atoms with Crippen molar-refractivity contribution in [1.82, 2.24) is 14.4 Å². The summed E-state index contributed by atoms with van der Waals surface area (Å²) in [7, 11) is -3.77. The number of carbonyl (C=O) groups excluding carboxylic acids is 1. The van der Waals surface area contributed by atoms with Gasteiger partial charge in [-0.05, 0) is 32.0 Å². The average Bonchev–Trinajstić information content (AvgIpc) is 3.42. The van der Waals surface area contributed by atoms with Crippen molar-refractivity contribution in [2.75, 3.05) is 26.2 Å². The van der Waals surface area contributed by atoms with Gasteiger partial charge in [-0.25, -0.2) is 8.42 Å². The van der Waals surface area contributed by atoms with Crippen LogP contribution >= 0.6 is 0 Å². The number of sulfonamides is 1. The lowest BCUT2D eigenvalue weighted by Gasteiger charge is -2.33. The van der Waals surface area contributed by atoms with Gasteiger partial charge in [-0.15, -0.1) is 0 Å². The van der Waals surface area contributed by atoms with E-state index in [1.807, 2.05) is 54.6 Å². The number of fused-ring (bicyclic) bond motifs is 1. The third-order valence-corrected chi connectivity index (χ3v) is 8.25. The Kier molecular flexibility index (Phi) is 6.08. The number of furan rings is 1. The monoisotopic (exact) mass is 495 g/mol. The van der Waals surface area contributed by atoms with Crippen LogP contribution in [0.2, 0.25) is 0 Å². The van der Waals surface area contributed by atoms with Crippen molar-refractivity contribution in [3.05, 3.63) is 77.4 Å². The van der Waals surface area contributed by atoms with Gasteiger partial charge in [-0.3, -0.25) is 4.79 Å². The number of aromatic nitrogens is 1. The minimum absolute atomic E-state index is 0.0925. The van der Waals surface area contributed by atoms with Crippen LogP contribution in [-0.4, -0.2) is 54.9 Å². The zero-order valence-electron chi connectivity index (χ0n) is 19.4. The first-order valence-corrected chi connectivity index (χ1v) is 12.7. The van der Waals surface area contributed by atoms with Crippen LogP contribution in [0.4, 0.5) is 0 Å². The molecule has 0 unspecified atom stereocenters. The molecule has 9 nitrogen and oxygen atoms in total. The minimum atomic E-state index is -3.77. The summed E-state index contributed by atoms with van der Waals surface area (Å²) in [6.07, 6.45) is 0. The van der Waals surface area contributed by atoms with Crippen LogP contribution in [-0.2, 0) is 16.6 Å². The highest BCUT2D eigenvalue weighted by Gasteiger charge is 2.35. The van der Waals surface area contributed by atoms with E-state index in [0.717, 1.165) is 5.39 Å². The first-order chi connectivity index (χ1) is 16.9. The first kappa shape index (κ1) is 23.1. The summed E-state index contributed by atoms with van der Waals surface area (Å²) < 4.78 is 44.5. The fourth-order valence-corrected chi connectivity index (χ4v) is 6.05. The number of rotatable bonds is 6. The molecular weight excluding hydrogens is 470 g/mol. The molecule has 0 spiro atoms. The minimum Gasteiger partial charge on any atom is -0.489 e. The molecule has 182 valence electrons. The Labute approximate surface area is 202 Å². The van der Waals surface area contributed by atoms with Crippen LogP contribution in [0.25, 0.3) is 11.0 Å². The molecule has 0 bridgehead atoms. The molecule has 2 aromatic carbocycles. The molecule has 2 aromatic heterocycles. The zero-order valence-corrected chi connectivity index (χ0v) is 20.2. The molecule has 1 aliphatic heterocycles. The van der Waals surface area contributed by atoms with Gasteiger partial charge in [0.1, 0.15) is 28.5 Å². The van der Waals surface area contributed by atoms with Gasteiger partial charge in [0.05, 0.1) is 0 Å². The number of ether oxygens (including phenoxy) is 1. The summed E-state index contributed by atoms with van der Waals surface area (Å²) in [5.74, 6) is 0.868. The van der Waals surface area contributed by atoms with Gasteiger partial charge >= 0.3 is 0 Å². The Balaban J connectivity index is 1.36. The molecule has 4 aromatic rings. The van der Waals surface area contributed by atoms with Crippen LogP contribution in [0.3, 0.4) is 0 Å². The van der Waals surface area contributed by atoms with Gasteiger partial charge < -0.3 is 18.6 Å². The van der Waals surface area contributed by atoms with E-state index in [-0.39, 0.29) is 55.1 Å². The van der Waals surface area contributed by atoms with E-state index in [2.05, 4.69) is 5.16 Å². The van der Waals surface area contributed by atoms with Crippen molar-refractivity contribution >= 4 is 26.9 Å². The molecule has 0 saturated carbocycles. The number of benzene rings is 2. The van der Waals surface area contributed by atoms with Crippen LogP contribution in [0.15, 0.2) is 68.4 Å². The molecule has 5 rings (SSSR count). The predicted octanol–water partition coefficient (Wildman–Crippen LogP) is 3.76. The van der Waals surface area contributed by atoms with Crippen LogP contribution in [0.1, 0.15) is 27.6 Å². The highest BCUT2D eigenvalue weighted by Crippen LogP contribution is 2.29. The predicted molar refractivity (Wildman–Crippen MR) is 128 cm³/mol. The Hall–Kier alpha value is -3.63. The van der Waals surface area contributed by atoms with Gasteiger partial charge in [-0.2, -0.15) is 4.31 Å². The molecule has 0 aliphatic carbocycles. The smallest absolute Gasteiger partial charge is 0.290 e. The average molecular weight is 496 g/mol. The van der Waals surface area contributed by atoms with E-state index in [9.17, 15) is 13.2 Å². The molecule has 10 heteroatoms.